The van der Waals surface area contributed by atoms with E-state index in [2.05, 4.69) is 4.98 Å². The van der Waals surface area contributed by atoms with Gasteiger partial charge in [-0.15, -0.1) is 0 Å². The van der Waals surface area contributed by atoms with Crippen LogP contribution in [0.25, 0.3) is 16.9 Å². The van der Waals surface area contributed by atoms with Gasteiger partial charge in [-0.05, 0) is 31.2 Å². The predicted molar refractivity (Wildman–Crippen MR) is 77.2 cm³/mol. The zero-order chi connectivity index (χ0) is 13.9. The van der Waals surface area contributed by atoms with E-state index in [9.17, 15) is 4.79 Å². The summed E-state index contributed by atoms with van der Waals surface area (Å²) in [6, 6.07) is 13.4. The molecule has 0 bridgehead atoms. The van der Waals surface area contributed by atoms with Crippen molar-refractivity contribution in [1.29, 1.82) is 0 Å². The van der Waals surface area contributed by atoms with Crippen LogP contribution < -0.4 is 4.74 Å². The van der Waals surface area contributed by atoms with E-state index in [1.54, 1.807) is 0 Å². The fourth-order valence-corrected chi connectivity index (χ4v) is 2.24. The van der Waals surface area contributed by atoms with Crippen LogP contribution in [-0.4, -0.2) is 22.3 Å². The molecule has 2 heterocycles. The second-order valence-electron chi connectivity index (χ2n) is 4.36. The summed E-state index contributed by atoms with van der Waals surface area (Å²) in [7, 11) is 0. The number of aldehydes is 1. The van der Waals surface area contributed by atoms with Crippen LogP contribution in [0.2, 0.25) is 0 Å². The number of carbonyl (C=O) groups is 1. The molecule has 0 fully saturated rings. The fourth-order valence-electron chi connectivity index (χ4n) is 2.24. The van der Waals surface area contributed by atoms with E-state index < -0.39 is 0 Å². The minimum atomic E-state index is 0.447. The molecule has 0 aliphatic carbocycles. The van der Waals surface area contributed by atoms with Gasteiger partial charge >= 0.3 is 0 Å². The smallest absolute Gasteiger partial charge is 0.170 e. The number of benzene rings is 1. The number of hydrogen-bond donors (Lipinski definition) is 0. The summed E-state index contributed by atoms with van der Waals surface area (Å²) in [5, 5.41) is 0. The van der Waals surface area contributed by atoms with Gasteiger partial charge < -0.3 is 4.74 Å². The van der Waals surface area contributed by atoms with Crippen molar-refractivity contribution < 1.29 is 9.53 Å². The summed E-state index contributed by atoms with van der Waals surface area (Å²) in [6.45, 7) is 2.56. The van der Waals surface area contributed by atoms with E-state index in [1.807, 2.05) is 60.0 Å². The summed E-state index contributed by atoms with van der Waals surface area (Å²) < 4.78 is 7.42. The van der Waals surface area contributed by atoms with Crippen molar-refractivity contribution in [2.24, 2.45) is 0 Å². The molecule has 3 rings (SSSR count). The zero-order valence-corrected chi connectivity index (χ0v) is 11.1. The first-order valence-electron chi connectivity index (χ1n) is 6.49. The molecule has 0 spiro atoms. The van der Waals surface area contributed by atoms with Gasteiger partial charge in [-0.1, -0.05) is 18.2 Å². The van der Waals surface area contributed by atoms with Crippen molar-refractivity contribution >= 4 is 11.8 Å². The quantitative estimate of drug-likeness (QED) is 0.681. The van der Waals surface area contributed by atoms with Gasteiger partial charge in [0, 0.05) is 11.8 Å². The Hall–Kier alpha value is -2.62. The number of carbonyl (C=O) groups excluding carboxylic acids is 1. The van der Waals surface area contributed by atoms with E-state index in [-0.39, 0.29) is 0 Å². The first-order chi connectivity index (χ1) is 9.83. The summed E-state index contributed by atoms with van der Waals surface area (Å²) in [6.07, 6.45) is 2.68. The Labute approximate surface area is 116 Å². The van der Waals surface area contributed by atoms with Gasteiger partial charge in [-0.2, -0.15) is 0 Å². The Balaban J connectivity index is 2.19. The highest BCUT2D eigenvalue weighted by atomic mass is 16.5. The molecule has 0 atom stereocenters. The topological polar surface area (TPSA) is 43.6 Å². The monoisotopic (exact) mass is 266 g/mol. The normalized spacial score (nSPS) is 10.7. The SMILES string of the molecule is CCOc1cccc(-c2nc(C=O)c3ccccn23)c1. The van der Waals surface area contributed by atoms with Crippen LogP contribution in [-0.2, 0) is 0 Å². The molecule has 2 aromatic heterocycles. The maximum absolute atomic E-state index is 11.1. The van der Waals surface area contributed by atoms with Crippen molar-refractivity contribution in [3.8, 4) is 17.1 Å². The lowest BCUT2D eigenvalue weighted by Crippen LogP contribution is -1.93. The van der Waals surface area contributed by atoms with Crippen molar-refractivity contribution in [2.75, 3.05) is 6.61 Å². The first kappa shape index (κ1) is 12.4. The third-order valence-electron chi connectivity index (χ3n) is 3.09. The average Bonchev–Trinajstić information content (AvgIpc) is 2.87. The van der Waals surface area contributed by atoms with E-state index >= 15 is 0 Å². The van der Waals surface area contributed by atoms with E-state index in [4.69, 9.17) is 4.74 Å². The largest absolute Gasteiger partial charge is 0.494 e. The lowest BCUT2D eigenvalue weighted by Gasteiger charge is -2.05. The molecule has 20 heavy (non-hydrogen) atoms. The van der Waals surface area contributed by atoms with Crippen LogP contribution in [0.5, 0.6) is 5.75 Å². The number of ether oxygens (including phenoxy) is 1. The lowest BCUT2D eigenvalue weighted by atomic mass is 10.2. The molecule has 4 nitrogen and oxygen atoms in total. The number of pyridine rings is 1. The van der Waals surface area contributed by atoms with Gasteiger partial charge in [-0.3, -0.25) is 9.20 Å². The second-order valence-corrected chi connectivity index (χ2v) is 4.36. The van der Waals surface area contributed by atoms with Gasteiger partial charge in [0.1, 0.15) is 17.3 Å². The second kappa shape index (κ2) is 5.17. The maximum atomic E-state index is 11.1. The van der Waals surface area contributed by atoms with Crippen LogP contribution in [0, 0.1) is 0 Å². The molecule has 0 N–H and O–H groups in total. The molecule has 100 valence electrons. The number of hydrogen-bond acceptors (Lipinski definition) is 3. The molecule has 4 heteroatoms. The third kappa shape index (κ3) is 2.05. The summed E-state index contributed by atoms with van der Waals surface area (Å²) in [4.78, 5) is 15.6. The highest BCUT2D eigenvalue weighted by Crippen LogP contribution is 2.25. The van der Waals surface area contributed by atoms with E-state index in [0.717, 1.165) is 28.9 Å². The Kier molecular flexibility index (Phi) is 3.21. The molecule has 0 saturated carbocycles. The first-order valence-corrected chi connectivity index (χ1v) is 6.49. The van der Waals surface area contributed by atoms with Crippen LogP contribution in [0.3, 0.4) is 0 Å². The maximum Gasteiger partial charge on any atom is 0.170 e. The van der Waals surface area contributed by atoms with E-state index in [1.165, 1.54) is 0 Å². The number of aromatic nitrogens is 2. The summed E-state index contributed by atoms with van der Waals surface area (Å²) >= 11 is 0. The number of fused-ring (bicyclic) bond motifs is 1. The van der Waals surface area contributed by atoms with E-state index in [0.29, 0.717) is 12.3 Å². The van der Waals surface area contributed by atoms with Gasteiger partial charge in [0.15, 0.2) is 6.29 Å². The highest BCUT2D eigenvalue weighted by molar-refractivity contribution is 5.86. The van der Waals surface area contributed by atoms with Crippen molar-refractivity contribution in [1.82, 2.24) is 9.38 Å². The summed E-state index contributed by atoms with van der Waals surface area (Å²) in [5.74, 6) is 1.54. The Morgan fingerprint density at radius 2 is 2.15 bits per heavy atom. The van der Waals surface area contributed by atoms with Crippen LogP contribution in [0.1, 0.15) is 17.4 Å². The molecule has 0 aliphatic rings. The number of imidazole rings is 1. The minimum Gasteiger partial charge on any atom is -0.494 e. The zero-order valence-electron chi connectivity index (χ0n) is 11.1. The average molecular weight is 266 g/mol. The minimum absolute atomic E-state index is 0.447. The van der Waals surface area contributed by atoms with Gasteiger partial charge in [0.2, 0.25) is 0 Å². The lowest BCUT2D eigenvalue weighted by molar-refractivity contribution is 0.112. The van der Waals surface area contributed by atoms with Gasteiger partial charge in [0.25, 0.3) is 0 Å². The molecule has 3 aromatic rings. The number of rotatable bonds is 4. The van der Waals surface area contributed by atoms with Crippen molar-refractivity contribution in [3.63, 3.8) is 0 Å². The predicted octanol–water partition coefficient (Wildman–Crippen LogP) is 3.21. The van der Waals surface area contributed by atoms with Crippen LogP contribution in [0.15, 0.2) is 48.7 Å². The molecule has 0 unspecified atom stereocenters. The molecule has 0 radical (unpaired) electrons. The number of nitrogens with zero attached hydrogens (tertiary/aromatic N) is 2. The van der Waals surface area contributed by atoms with Crippen LogP contribution in [0.4, 0.5) is 0 Å². The van der Waals surface area contributed by atoms with Gasteiger partial charge in [0.05, 0.1) is 12.1 Å². The fraction of sp³-hybridized carbons (Fsp3) is 0.125. The Bertz CT molecular complexity index is 762. The molecule has 1 aromatic carbocycles. The molecule has 0 amide bonds. The molecule has 0 saturated heterocycles. The molecule has 0 aliphatic heterocycles. The van der Waals surface area contributed by atoms with Crippen molar-refractivity contribution in [3.05, 3.63) is 54.4 Å². The standard InChI is InChI=1S/C16H14N2O2/c1-2-20-13-7-5-6-12(10-13)16-17-14(11-19)15-8-3-4-9-18(15)16/h3-11H,2H2,1H3. The summed E-state index contributed by atoms with van der Waals surface area (Å²) in [5.41, 5.74) is 2.17. The Morgan fingerprint density at radius 3 is 2.95 bits per heavy atom. The van der Waals surface area contributed by atoms with Gasteiger partial charge in [-0.25, -0.2) is 4.98 Å². The molecular weight excluding hydrogens is 252 g/mol. The molecular formula is C16H14N2O2. The highest BCUT2D eigenvalue weighted by Gasteiger charge is 2.12. The Morgan fingerprint density at radius 1 is 1.25 bits per heavy atom. The third-order valence-corrected chi connectivity index (χ3v) is 3.09. The van der Waals surface area contributed by atoms with Crippen LogP contribution >= 0.6 is 0 Å². The van der Waals surface area contributed by atoms with Crippen molar-refractivity contribution in [2.45, 2.75) is 6.92 Å².